The van der Waals surface area contributed by atoms with Crippen molar-refractivity contribution in [2.45, 2.75) is 25.9 Å². The van der Waals surface area contributed by atoms with E-state index in [9.17, 15) is 4.79 Å². The van der Waals surface area contributed by atoms with Crippen molar-refractivity contribution in [3.8, 4) is 0 Å². The van der Waals surface area contributed by atoms with Gasteiger partial charge in [-0.15, -0.1) is 0 Å². The molecule has 0 fully saturated rings. The number of carbonyl (C=O) groups excluding carboxylic acids is 1. The second kappa shape index (κ2) is 8.61. The summed E-state index contributed by atoms with van der Waals surface area (Å²) in [5, 5.41) is 0. The van der Waals surface area contributed by atoms with Gasteiger partial charge in [0.2, 0.25) is 5.91 Å². The van der Waals surface area contributed by atoms with Crippen molar-refractivity contribution in [2.75, 3.05) is 18.6 Å². The van der Waals surface area contributed by atoms with Crippen molar-refractivity contribution >= 4 is 33.6 Å². The summed E-state index contributed by atoms with van der Waals surface area (Å²) >= 11 is 5.15. The molecule has 1 atom stereocenters. The van der Waals surface area contributed by atoms with Crippen LogP contribution in [0.15, 0.2) is 28.7 Å². The first-order chi connectivity index (χ1) is 9.00. The van der Waals surface area contributed by atoms with Gasteiger partial charge in [-0.25, -0.2) is 0 Å². The molecule has 0 spiro atoms. The summed E-state index contributed by atoms with van der Waals surface area (Å²) in [6, 6.07) is 8.18. The van der Waals surface area contributed by atoms with Crippen molar-refractivity contribution in [1.29, 1.82) is 0 Å². The predicted octanol–water partition coefficient (Wildman–Crippen LogP) is 2.88. The molecule has 1 rings (SSSR count). The van der Waals surface area contributed by atoms with E-state index in [2.05, 4.69) is 15.9 Å². The summed E-state index contributed by atoms with van der Waals surface area (Å²) in [4.78, 5) is 13.7. The van der Waals surface area contributed by atoms with Gasteiger partial charge in [0.05, 0.1) is 5.75 Å². The maximum atomic E-state index is 12.0. The highest BCUT2D eigenvalue weighted by molar-refractivity contribution is 9.10. The Labute approximate surface area is 128 Å². The molecule has 0 radical (unpaired) electrons. The summed E-state index contributed by atoms with van der Waals surface area (Å²) in [6.07, 6.45) is 0.950. The SMILES string of the molecule is CC(N)CCSCC(=O)N(C)Cc1ccccc1Br. The number of amides is 1. The maximum absolute atomic E-state index is 12.0. The number of nitrogens with two attached hydrogens (primary N) is 1. The predicted molar refractivity (Wildman–Crippen MR) is 86.2 cm³/mol. The average molecular weight is 345 g/mol. The standard InChI is InChI=1S/C14H21BrN2OS/c1-11(16)7-8-19-10-14(18)17(2)9-12-5-3-4-6-13(12)15/h3-6,11H,7-10,16H2,1-2H3. The molecule has 106 valence electrons. The quantitative estimate of drug-likeness (QED) is 0.773. The Balaban J connectivity index is 2.35. The van der Waals surface area contributed by atoms with Gasteiger partial charge in [-0.2, -0.15) is 11.8 Å². The number of benzene rings is 1. The maximum Gasteiger partial charge on any atom is 0.232 e. The molecule has 2 N–H and O–H groups in total. The molecule has 0 heterocycles. The van der Waals surface area contributed by atoms with Crippen LogP contribution in [0.4, 0.5) is 0 Å². The topological polar surface area (TPSA) is 46.3 Å². The van der Waals surface area contributed by atoms with Crippen LogP contribution in [-0.4, -0.2) is 35.4 Å². The van der Waals surface area contributed by atoms with Crippen LogP contribution >= 0.6 is 27.7 Å². The minimum absolute atomic E-state index is 0.158. The summed E-state index contributed by atoms with van der Waals surface area (Å²) in [7, 11) is 1.84. The van der Waals surface area contributed by atoms with Gasteiger partial charge in [0.1, 0.15) is 0 Å². The van der Waals surface area contributed by atoms with E-state index in [-0.39, 0.29) is 11.9 Å². The van der Waals surface area contributed by atoms with Gasteiger partial charge in [0.25, 0.3) is 0 Å². The molecule has 1 aromatic carbocycles. The largest absolute Gasteiger partial charge is 0.341 e. The first kappa shape index (κ1) is 16.5. The van der Waals surface area contributed by atoms with Crippen LogP contribution in [0, 0.1) is 0 Å². The van der Waals surface area contributed by atoms with E-state index < -0.39 is 0 Å². The van der Waals surface area contributed by atoms with E-state index >= 15 is 0 Å². The number of carbonyl (C=O) groups is 1. The summed E-state index contributed by atoms with van der Waals surface area (Å²) < 4.78 is 1.04. The number of hydrogen-bond donors (Lipinski definition) is 1. The van der Waals surface area contributed by atoms with E-state index in [1.54, 1.807) is 16.7 Å². The molecule has 5 heteroatoms. The number of halogens is 1. The third-order valence-electron chi connectivity index (χ3n) is 2.73. The minimum Gasteiger partial charge on any atom is -0.341 e. The highest BCUT2D eigenvalue weighted by Crippen LogP contribution is 2.17. The van der Waals surface area contributed by atoms with Crippen molar-refractivity contribution in [2.24, 2.45) is 5.73 Å². The molecule has 1 amide bonds. The van der Waals surface area contributed by atoms with E-state index in [1.807, 2.05) is 38.2 Å². The molecule has 0 aromatic heterocycles. The molecule has 1 aromatic rings. The molecule has 0 bridgehead atoms. The number of nitrogens with zero attached hydrogens (tertiary/aromatic N) is 1. The van der Waals surface area contributed by atoms with E-state index in [0.29, 0.717) is 12.3 Å². The molecule has 0 aliphatic carbocycles. The van der Waals surface area contributed by atoms with Crippen molar-refractivity contribution in [3.05, 3.63) is 34.3 Å². The molecule has 0 aliphatic rings. The normalized spacial score (nSPS) is 12.2. The van der Waals surface area contributed by atoms with Gasteiger partial charge in [-0.05, 0) is 30.7 Å². The zero-order valence-electron chi connectivity index (χ0n) is 11.4. The monoisotopic (exact) mass is 344 g/mol. The van der Waals surface area contributed by atoms with Crippen molar-refractivity contribution in [3.63, 3.8) is 0 Å². The smallest absolute Gasteiger partial charge is 0.232 e. The van der Waals surface area contributed by atoms with E-state index in [4.69, 9.17) is 5.73 Å². The Morgan fingerprint density at radius 2 is 2.16 bits per heavy atom. The Morgan fingerprint density at radius 3 is 2.79 bits per heavy atom. The van der Waals surface area contributed by atoms with E-state index in [0.717, 1.165) is 22.2 Å². The fourth-order valence-corrected chi connectivity index (χ4v) is 3.00. The second-order valence-electron chi connectivity index (χ2n) is 4.66. The second-order valence-corrected chi connectivity index (χ2v) is 6.62. The van der Waals surface area contributed by atoms with Crippen molar-refractivity contribution in [1.82, 2.24) is 4.90 Å². The molecule has 3 nitrogen and oxygen atoms in total. The molecule has 0 aliphatic heterocycles. The van der Waals surface area contributed by atoms with Gasteiger partial charge < -0.3 is 10.6 Å². The van der Waals surface area contributed by atoms with E-state index in [1.165, 1.54) is 0 Å². The summed E-state index contributed by atoms with van der Waals surface area (Å²) in [6.45, 7) is 2.62. The fourth-order valence-electron chi connectivity index (χ4n) is 1.51. The van der Waals surface area contributed by atoms with Crippen LogP contribution in [0.25, 0.3) is 0 Å². The third kappa shape index (κ3) is 6.45. The molecule has 19 heavy (non-hydrogen) atoms. The van der Waals surface area contributed by atoms with Crippen LogP contribution in [0.2, 0.25) is 0 Å². The lowest BCUT2D eigenvalue weighted by atomic mass is 10.2. The fraction of sp³-hybridized carbons (Fsp3) is 0.500. The Hall–Kier alpha value is -0.520. The summed E-state index contributed by atoms with van der Waals surface area (Å²) in [5.41, 5.74) is 6.80. The van der Waals surface area contributed by atoms with Gasteiger partial charge in [-0.1, -0.05) is 34.1 Å². The van der Waals surface area contributed by atoms with Crippen LogP contribution in [0.3, 0.4) is 0 Å². The highest BCUT2D eigenvalue weighted by Gasteiger charge is 2.10. The first-order valence-electron chi connectivity index (χ1n) is 6.31. The molecular formula is C14H21BrN2OS. The van der Waals surface area contributed by atoms with Crippen LogP contribution < -0.4 is 5.73 Å². The first-order valence-corrected chi connectivity index (χ1v) is 8.26. The molecule has 0 saturated heterocycles. The highest BCUT2D eigenvalue weighted by atomic mass is 79.9. The zero-order valence-corrected chi connectivity index (χ0v) is 13.8. The third-order valence-corrected chi connectivity index (χ3v) is 4.48. The number of rotatable bonds is 7. The lowest BCUT2D eigenvalue weighted by Crippen LogP contribution is -2.28. The molecule has 1 unspecified atom stereocenters. The lowest BCUT2D eigenvalue weighted by molar-refractivity contribution is -0.127. The van der Waals surface area contributed by atoms with Crippen LogP contribution in [0.5, 0.6) is 0 Å². The van der Waals surface area contributed by atoms with Gasteiger partial charge in [0, 0.05) is 24.1 Å². The zero-order chi connectivity index (χ0) is 14.3. The van der Waals surface area contributed by atoms with Crippen molar-refractivity contribution < 1.29 is 4.79 Å². The average Bonchev–Trinajstić information content (AvgIpc) is 2.36. The lowest BCUT2D eigenvalue weighted by Gasteiger charge is -2.18. The Kier molecular flexibility index (Phi) is 7.49. The molecule has 0 saturated carbocycles. The molecular weight excluding hydrogens is 324 g/mol. The van der Waals surface area contributed by atoms with Gasteiger partial charge >= 0.3 is 0 Å². The Bertz CT molecular complexity index is 412. The number of hydrogen-bond acceptors (Lipinski definition) is 3. The van der Waals surface area contributed by atoms with Gasteiger partial charge in [-0.3, -0.25) is 4.79 Å². The van der Waals surface area contributed by atoms with Gasteiger partial charge in [0.15, 0.2) is 0 Å². The van der Waals surface area contributed by atoms with Crippen LogP contribution in [0.1, 0.15) is 18.9 Å². The minimum atomic E-state index is 0.158. The number of thioether (sulfide) groups is 1. The summed E-state index contributed by atoms with van der Waals surface area (Å²) in [5.74, 6) is 1.62. The van der Waals surface area contributed by atoms with Crippen LogP contribution in [-0.2, 0) is 11.3 Å². The Morgan fingerprint density at radius 1 is 1.47 bits per heavy atom.